The van der Waals surface area contributed by atoms with Gasteiger partial charge < -0.3 is 5.73 Å². The van der Waals surface area contributed by atoms with E-state index in [0.29, 0.717) is 12.6 Å². The fraction of sp³-hybridized carbons (Fsp3) is 0.786. The van der Waals surface area contributed by atoms with E-state index in [1.165, 1.54) is 31.4 Å². The zero-order chi connectivity index (χ0) is 13.1. The van der Waals surface area contributed by atoms with Gasteiger partial charge >= 0.3 is 0 Å². The van der Waals surface area contributed by atoms with Gasteiger partial charge in [-0.3, -0.25) is 9.58 Å². The van der Waals surface area contributed by atoms with Gasteiger partial charge in [0.25, 0.3) is 0 Å². The lowest BCUT2D eigenvalue weighted by Gasteiger charge is -2.30. The summed E-state index contributed by atoms with van der Waals surface area (Å²) in [5.74, 6) is 0.905. The Balaban J connectivity index is 2.14. The molecule has 1 aromatic rings. The average molecular weight is 250 g/mol. The van der Waals surface area contributed by atoms with E-state index in [2.05, 4.69) is 30.0 Å². The third-order valence-electron chi connectivity index (χ3n) is 3.77. The zero-order valence-corrected chi connectivity index (χ0v) is 11.9. The Bertz CT molecular complexity index is 381. The quantitative estimate of drug-likeness (QED) is 0.803. The molecule has 1 aromatic heterocycles. The molecule has 102 valence electrons. The first-order valence-corrected chi connectivity index (χ1v) is 7.10. The maximum Gasteiger partial charge on any atom is 0.0641 e. The third-order valence-corrected chi connectivity index (χ3v) is 3.77. The van der Waals surface area contributed by atoms with Crippen LogP contribution in [0.4, 0.5) is 0 Å². The van der Waals surface area contributed by atoms with E-state index in [0.717, 1.165) is 18.2 Å². The van der Waals surface area contributed by atoms with E-state index in [-0.39, 0.29) is 0 Å². The van der Waals surface area contributed by atoms with Gasteiger partial charge in [-0.1, -0.05) is 6.92 Å². The topological polar surface area (TPSA) is 47.1 Å². The number of aromatic nitrogens is 2. The van der Waals surface area contributed by atoms with Crippen molar-refractivity contribution in [1.82, 2.24) is 14.7 Å². The molecule has 0 saturated heterocycles. The number of rotatable bonds is 7. The van der Waals surface area contributed by atoms with Gasteiger partial charge in [0, 0.05) is 31.9 Å². The highest BCUT2D eigenvalue weighted by Gasteiger charge is 2.29. The maximum atomic E-state index is 6.03. The molecule has 0 spiro atoms. The lowest BCUT2D eigenvalue weighted by atomic mass is 10.1. The van der Waals surface area contributed by atoms with E-state index < -0.39 is 0 Å². The second-order valence-electron chi connectivity index (χ2n) is 5.53. The van der Waals surface area contributed by atoms with Crippen molar-refractivity contribution in [3.05, 3.63) is 17.5 Å². The van der Waals surface area contributed by atoms with Crippen molar-refractivity contribution in [1.29, 1.82) is 0 Å². The van der Waals surface area contributed by atoms with Crippen LogP contribution in [0.1, 0.15) is 43.5 Å². The highest BCUT2D eigenvalue weighted by Crippen LogP contribution is 2.33. The SMILES string of the molecule is CCCN(CC1CC1)C(CN)c1cn(C)nc1C. The summed E-state index contributed by atoms with van der Waals surface area (Å²) in [7, 11) is 1.98. The minimum atomic E-state index is 0.333. The molecule has 0 aromatic carbocycles. The molecule has 1 aliphatic rings. The molecule has 4 nitrogen and oxygen atoms in total. The number of hydrogen-bond acceptors (Lipinski definition) is 3. The number of nitrogens with zero attached hydrogens (tertiary/aromatic N) is 3. The van der Waals surface area contributed by atoms with Gasteiger partial charge in [0.2, 0.25) is 0 Å². The molecule has 0 bridgehead atoms. The molecule has 0 amide bonds. The Hall–Kier alpha value is -0.870. The van der Waals surface area contributed by atoms with Crippen LogP contribution < -0.4 is 5.73 Å². The molecule has 4 heteroatoms. The Kier molecular flexibility index (Phi) is 4.40. The standard InChI is InChI=1S/C14H26N4/c1-4-7-18(9-12-5-6-12)14(8-15)13-10-17(3)16-11(13)2/h10,12,14H,4-9,15H2,1-3H3. The van der Waals surface area contributed by atoms with E-state index in [4.69, 9.17) is 5.73 Å². The molecule has 1 aliphatic carbocycles. The molecular formula is C14H26N4. The summed E-state index contributed by atoms with van der Waals surface area (Å²) in [5.41, 5.74) is 8.45. The van der Waals surface area contributed by atoms with Crippen molar-refractivity contribution in [2.75, 3.05) is 19.6 Å². The van der Waals surface area contributed by atoms with E-state index in [9.17, 15) is 0 Å². The molecular weight excluding hydrogens is 224 g/mol. The van der Waals surface area contributed by atoms with Crippen molar-refractivity contribution in [2.24, 2.45) is 18.7 Å². The second kappa shape index (κ2) is 5.85. The predicted octanol–water partition coefficient (Wildman–Crippen LogP) is 1.85. The first-order chi connectivity index (χ1) is 8.65. The fourth-order valence-corrected chi connectivity index (χ4v) is 2.71. The molecule has 0 aliphatic heterocycles. The molecule has 1 unspecified atom stereocenters. The lowest BCUT2D eigenvalue weighted by molar-refractivity contribution is 0.192. The minimum absolute atomic E-state index is 0.333. The molecule has 2 N–H and O–H groups in total. The summed E-state index contributed by atoms with van der Waals surface area (Å²) in [5, 5.41) is 4.45. The Morgan fingerprint density at radius 3 is 2.72 bits per heavy atom. The third kappa shape index (κ3) is 3.12. The highest BCUT2D eigenvalue weighted by atomic mass is 15.3. The van der Waals surface area contributed by atoms with Crippen molar-refractivity contribution < 1.29 is 0 Å². The van der Waals surface area contributed by atoms with Crippen molar-refractivity contribution in [2.45, 2.75) is 39.2 Å². The predicted molar refractivity (Wildman–Crippen MR) is 74.3 cm³/mol. The van der Waals surface area contributed by atoms with Crippen LogP contribution in [0.25, 0.3) is 0 Å². The van der Waals surface area contributed by atoms with E-state index >= 15 is 0 Å². The van der Waals surface area contributed by atoms with Crippen LogP contribution in [0.5, 0.6) is 0 Å². The van der Waals surface area contributed by atoms with Gasteiger partial charge in [0.05, 0.1) is 11.7 Å². The molecule has 18 heavy (non-hydrogen) atoms. The molecule has 2 rings (SSSR count). The smallest absolute Gasteiger partial charge is 0.0641 e. The first kappa shape index (κ1) is 13.6. The molecule has 1 heterocycles. The second-order valence-corrected chi connectivity index (χ2v) is 5.53. The van der Waals surface area contributed by atoms with Crippen LogP contribution in [0.3, 0.4) is 0 Å². The van der Waals surface area contributed by atoms with Crippen LogP contribution in [-0.4, -0.2) is 34.3 Å². The van der Waals surface area contributed by atoms with Gasteiger partial charge in [-0.05, 0) is 38.6 Å². The Morgan fingerprint density at radius 2 is 2.28 bits per heavy atom. The van der Waals surface area contributed by atoms with Crippen molar-refractivity contribution in [3.8, 4) is 0 Å². The van der Waals surface area contributed by atoms with Crippen molar-refractivity contribution >= 4 is 0 Å². The summed E-state index contributed by atoms with van der Waals surface area (Å²) in [4.78, 5) is 2.56. The number of nitrogens with two attached hydrogens (primary N) is 1. The van der Waals surface area contributed by atoms with E-state index in [1.54, 1.807) is 0 Å². The van der Waals surface area contributed by atoms with Gasteiger partial charge in [-0.15, -0.1) is 0 Å². The minimum Gasteiger partial charge on any atom is -0.329 e. The van der Waals surface area contributed by atoms with Gasteiger partial charge in [0.1, 0.15) is 0 Å². The van der Waals surface area contributed by atoms with Crippen LogP contribution in [0.2, 0.25) is 0 Å². The van der Waals surface area contributed by atoms with Gasteiger partial charge in [-0.2, -0.15) is 5.10 Å². The van der Waals surface area contributed by atoms with Crippen LogP contribution >= 0.6 is 0 Å². The molecule has 1 fully saturated rings. The fourth-order valence-electron chi connectivity index (χ4n) is 2.71. The largest absolute Gasteiger partial charge is 0.329 e. The molecule has 0 radical (unpaired) electrons. The Morgan fingerprint density at radius 1 is 1.56 bits per heavy atom. The lowest BCUT2D eigenvalue weighted by Crippen LogP contribution is -2.36. The summed E-state index contributed by atoms with van der Waals surface area (Å²) < 4.78 is 1.90. The number of hydrogen-bond donors (Lipinski definition) is 1. The summed E-state index contributed by atoms with van der Waals surface area (Å²) in [6, 6.07) is 0.333. The van der Waals surface area contributed by atoms with Gasteiger partial charge in [-0.25, -0.2) is 0 Å². The summed E-state index contributed by atoms with van der Waals surface area (Å²) >= 11 is 0. The van der Waals surface area contributed by atoms with E-state index in [1.807, 2.05) is 11.7 Å². The zero-order valence-electron chi connectivity index (χ0n) is 11.9. The normalized spacial score (nSPS) is 17.4. The maximum absolute atomic E-state index is 6.03. The first-order valence-electron chi connectivity index (χ1n) is 7.10. The number of aryl methyl sites for hydroxylation is 2. The van der Waals surface area contributed by atoms with Crippen molar-refractivity contribution in [3.63, 3.8) is 0 Å². The average Bonchev–Trinajstić information content (AvgIpc) is 3.06. The van der Waals surface area contributed by atoms with Crippen LogP contribution in [0.15, 0.2) is 6.20 Å². The molecule has 1 saturated carbocycles. The Labute approximate surface area is 110 Å². The summed E-state index contributed by atoms with van der Waals surface area (Å²) in [6.45, 7) is 7.33. The highest BCUT2D eigenvalue weighted by molar-refractivity contribution is 5.20. The monoisotopic (exact) mass is 250 g/mol. The van der Waals surface area contributed by atoms with Crippen LogP contribution in [0, 0.1) is 12.8 Å². The molecule has 1 atom stereocenters. The van der Waals surface area contributed by atoms with Gasteiger partial charge in [0.15, 0.2) is 0 Å². The van der Waals surface area contributed by atoms with Crippen LogP contribution in [-0.2, 0) is 7.05 Å². The summed E-state index contributed by atoms with van der Waals surface area (Å²) in [6.07, 6.45) is 6.10.